The van der Waals surface area contributed by atoms with Crippen LogP contribution in [0.1, 0.15) is 29.2 Å². The second-order valence-electron chi connectivity index (χ2n) is 6.59. The lowest BCUT2D eigenvalue weighted by Gasteiger charge is -2.32. The number of H-pyrrole nitrogens is 1. The summed E-state index contributed by atoms with van der Waals surface area (Å²) in [4.78, 5) is 29.3. The first-order valence-electron chi connectivity index (χ1n) is 8.59. The van der Waals surface area contributed by atoms with Gasteiger partial charge in [0.2, 0.25) is 0 Å². The average molecular weight is 392 g/mol. The maximum atomic E-state index is 13.5. The number of carbonyl (C=O) groups excluding carboxylic acids is 1. The standard InChI is InChI=1S/C19H16ClF2N3O2/c20-13-10-15(22)14(21)9-12(13)18(26)24-7-5-11(6-8-24)25-17-4-2-1-3-16(17)23-19(25)27/h1-4,9-11H,5-8H2,(H,23,27). The molecule has 4 rings (SSSR count). The molecule has 0 aliphatic carbocycles. The summed E-state index contributed by atoms with van der Waals surface area (Å²) in [6.07, 6.45) is 1.16. The number of hydrogen-bond donors (Lipinski definition) is 1. The van der Waals surface area contributed by atoms with Crippen molar-refractivity contribution in [1.29, 1.82) is 0 Å². The molecule has 1 saturated heterocycles. The van der Waals surface area contributed by atoms with Crippen molar-refractivity contribution in [3.8, 4) is 0 Å². The zero-order valence-corrected chi connectivity index (χ0v) is 15.0. The number of imidazole rings is 1. The summed E-state index contributed by atoms with van der Waals surface area (Å²) in [7, 11) is 0. The molecule has 1 aliphatic heterocycles. The first-order chi connectivity index (χ1) is 13.0. The van der Waals surface area contributed by atoms with Crippen LogP contribution in [0.5, 0.6) is 0 Å². The predicted octanol–water partition coefficient (Wildman–Crippen LogP) is 3.74. The summed E-state index contributed by atoms with van der Waals surface area (Å²) in [5, 5.41) is -0.117. The number of carbonyl (C=O) groups is 1. The number of amides is 1. The number of fused-ring (bicyclic) bond motifs is 1. The van der Waals surface area contributed by atoms with Gasteiger partial charge in [0.25, 0.3) is 5.91 Å². The Balaban J connectivity index is 1.54. The molecule has 3 aromatic rings. The van der Waals surface area contributed by atoms with Crippen LogP contribution in [0.3, 0.4) is 0 Å². The van der Waals surface area contributed by atoms with Crippen molar-refractivity contribution in [2.24, 2.45) is 0 Å². The van der Waals surface area contributed by atoms with E-state index < -0.39 is 17.5 Å². The van der Waals surface area contributed by atoms with E-state index in [2.05, 4.69) is 4.98 Å². The fourth-order valence-electron chi connectivity index (χ4n) is 3.62. The Morgan fingerprint density at radius 2 is 1.78 bits per heavy atom. The largest absolute Gasteiger partial charge is 0.338 e. The third-order valence-electron chi connectivity index (χ3n) is 4.98. The normalized spacial score (nSPS) is 15.4. The van der Waals surface area contributed by atoms with E-state index in [9.17, 15) is 18.4 Å². The molecule has 1 fully saturated rings. The van der Waals surface area contributed by atoms with Crippen LogP contribution >= 0.6 is 11.6 Å². The molecule has 8 heteroatoms. The van der Waals surface area contributed by atoms with Gasteiger partial charge in [-0.05, 0) is 37.1 Å². The first-order valence-corrected chi connectivity index (χ1v) is 8.96. The van der Waals surface area contributed by atoms with Gasteiger partial charge in [0.05, 0.1) is 21.6 Å². The number of likely N-dealkylation sites (tertiary alicyclic amines) is 1. The summed E-state index contributed by atoms with van der Waals surface area (Å²) in [5.41, 5.74) is 1.37. The van der Waals surface area contributed by atoms with Crippen LogP contribution in [0.2, 0.25) is 5.02 Å². The maximum Gasteiger partial charge on any atom is 0.326 e. The van der Waals surface area contributed by atoms with Gasteiger partial charge in [0, 0.05) is 19.1 Å². The number of aromatic amines is 1. The number of halogens is 3. The highest BCUT2D eigenvalue weighted by atomic mass is 35.5. The van der Waals surface area contributed by atoms with Crippen molar-refractivity contribution in [3.05, 3.63) is 69.1 Å². The van der Waals surface area contributed by atoms with Gasteiger partial charge in [-0.15, -0.1) is 0 Å². The summed E-state index contributed by atoms with van der Waals surface area (Å²) >= 11 is 5.91. The molecule has 0 saturated carbocycles. The molecular weight excluding hydrogens is 376 g/mol. The molecule has 27 heavy (non-hydrogen) atoms. The molecule has 1 amide bonds. The number of hydrogen-bond acceptors (Lipinski definition) is 2. The third kappa shape index (κ3) is 3.12. The molecule has 0 unspecified atom stereocenters. The molecule has 0 spiro atoms. The summed E-state index contributed by atoms with van der Waals surface area (Å²) < 4.78 is 28.4. The number of aromatic nitrogens is 2. The van der Waals surface area contributed by atoms with Crippen molar-refractivity contribution in [2.75, 3.05) is 13.1 Å². The molecule has 0 atom stereocenters. The minimum atomic E-state index is -1.11. The molecule has 1 aromatic heterocycles. The summed E-state index contributed by atoms with van der Waals surface area (Å²) in [5.74, 6) is -2.64. The lowest BCUT2D eigenvalue weighted by Crippen LogP contribution is -2.40. The van der Waals surface area contributed by atoms with Crippen LogP contribution in [0.4, 0.5) is 8.78 Å². The number of benzene rings is 2. The molecule has 0 bridgehead atoms. The van der Waals surface area contributed by atoms with Crippen LogP contribution in [0.25, 0.3) is 11.0 Å². The first kappa shape index (κ1) is 17.7. The highest BCUT2D eigenvalue weighted by molar-refractivity contribution is 6.33. The molecular formula is C19H16ClF2N3O2. The maximum absolute atomic E-state index is 13.5. The van der Waals surface area contributed by atoms with Gasteiger partial charge in [0.15, 0.2) is 11.6 Å². The Kier molecular flexibility index (Phi) is 4.47. The monoisotopic (exact) mass is 391 g/mol. The van der Waals surface area contributed by atoms with Crippen molar-refractivity contribution in [2.45, 2.75) is 18.9 Å². The minimum absolute atomic E-state index is 0.0434. The Morgan fingerprint density at radius 3 is 2.52 bits per heavy atom. The fourth-order valence-corrected chi connectivity index (χ4v) is 3.85. The molecule has 5 nitrogen and oxygen atoms in total. The van der Waals surface area contributed by atoms with Crippen LogP contribution in [0, 0.1) is 11.6 Å². The lowest BCUT2D eigenvalue weighted by molar-refractivity contribution is 0.0694. The topological polar surface area (TPSA) is 58.1 Å². The summed E-state index contributed by atoms with van der Waals surface area (Å²) in [6.45, 7) is 0.787. The fraction of sp³-hybridized carbons (Fsp3) is 0.263. The zero-order valence-electron chi connectivity index (χ0n) is 14.2. The number of rotatable bonds is 2. The number of nitrogens with zero attached hydrogens (tertiary/aromatic N) is 2. The van der Waals surface area contributed by atoms with Crippen LogP contribution in [0.15, 0.2) is 41.2 Å². The molecule has 140 valence electrons. The third-order valence-corrected chi connectivity index (χ3v) is 5.29. The Hall–Kier alpha value is -2.67. The second kappa shape index (κ2) is 6.81. The molecule has 1 N–H and O–H groups in total. The smallest absolute Gasteiger partial charge is 0.326 e. The predicted molar refractivity (Wildman–Crippen MR) is 98.1 cm³/mol. The van der Waals surface area contributed by atoms with Crippen molar-refractivity contribution >= 4 is 28.5 Å². The van der Waals surface area contributed by atoms with E-state index in [1.165, 1.54) is 0 Å². The van der Waals surface area contributed by atoms with Gasteiger partial charge in [-0.1, -0.05) is 23.7 Å². The Morgan fingerprint density at radius 1 is 1.11 bits per heavy atom. The van der Waals surface area contributed by atoms with E-state index in [0.717, 1.165) is 23.2 Å². The van der Waals surface area contributed by atoms with Crippen molar-refractivity contribution in [3.63, 3.8) is 0 Å². The van der Waals surface area contributed by atoms with Gasteiger partial charge in [-0.3, -0.25) is 9.36 Å². The molecule has 1 aliphatic rings. The van der Waals surface area contributed by atoms with Crippen LogP contribution in [-0.2, 0) is 0 Å². The van der Waals surface area contributed by atoms with Crippen molar-refractivity contribution in [1.82, 2.24) is 14.5 Å². The molecule has 0 radical (unpaired) electrons. The van der Waals surface area contributed by atoms with Gasteiger partial charge < -0.3 is 9.88 Å². The van der Waals surface area contributed by atoms with E-state index in [1.807, 2.05) is 24.3 Å². The van der Waals surface area contributed by atoms with Gasteiger partial charge in [0.1, 0.15) is 0 Å². The second-order valence-corrected chi connectivity index (χ2v) is 6.99. The van der Waals surface area contributed by atoms with E-state index in [0.29, 0.717) is 25.9 Å². The molecule has 2 aromatic carbocycles. The van der Waals surface area contributed by atoms with Crippen molar-refractivity contribution < 1.29 is 13.6 Å². The SMILES string of the molecule is O=C(c1cc(F)c(F)cc1Cl)N1CCC(n2c(=O)[nH]c3ccccc32)CC1. The summed E-state index contributed by atoms with van der Waals surface area (Å²) in [6, 6.07) is 9.05. The quantitative estimate of drug-likeness (QED) is 0.676. The van der Waals surface area contributed by atoms with Gasteiger partial charge in [-0.25, -0.2) is 13.6 Å². The Labute approximate surface area is 158 Å². The number of nitrogens with one attached hydrogen (secondary N) is 1. The van der Waals surface area contributed by atoms with E-state index in [4.69, 9.17) is 11.6 Å². The molecule has 2 heterocycles. The minimum Gasteiger partial charge on any atom is -0.338 e. The van der Waals surface area contributed by atoms with Crippen LogP contribution < -0.4 is 5.69 Å². The number of piperidine rings is 1. The highest BCUT2D eigenvalue weighted by Crippen LogP contribution is 2.27. The van der Waals surface area contributed by atoms with Crippen LogP contribution in [-0.4, -0.2) is 33.4 Å². The van der Waals surface area contributed by atoms with Gasteiger partial charge >= 0.3 is 5.69 Å². The Bertz CT molecular complexity index is 1080. The number of para-hydroxylation sites is 2. The lowest BCUT2D eigenvalue weighted by atomic mass is 10.0. The highest BCUT2D eigenvalue weighted by Gasteiger charge is 2.28. The average Bonchev–Trinajstić information content (AvgIpc) is 3.00. The van der Waals surface area contributed by atoms with E-state index in [1.54, 1.807) is 9.47 Å². The van der Waals surface area contributed by atoms with Gasteiger partial charge in [-0.2, -0.15) is 0 Å². The van der Waals surface area contributed by atoms with E-state index >= 15 is 0 Å². The zero-order chi connectivity index (χ0) is 19.1. The van der Waals surface area contributed by atoms with E-state index in [-0.39, 0.29) is 22.3 Å².